The predicted molar refractivity (Wildman–Crippen MR) is 71.4 cm³/mol. The van der Waals surface area contributed by atoms with Crippen LogP contribution in [0.4, 0.5) is 0 Å². The average molecular weight is 274 g/mol. The number of nitrogens with zero attached hydrogens (tertiary/aromatic N) is 1. The second-order valence-electron chi connectivity index (χ2n) is 4.01. The van der Waals surface area contributed by atoms with Gasteiger partial charge in [0.2, 0.25) is 0 Å². The van der Waals surface area contributed by atoms with E-state index in [1.54, 1.807) is 24.3 Å². The Bertz CT molecular complexity index is 766. The number of fused-ring (bicyclic) bond motifs is 1. The van der Waals surface area contributed by atoms with E-state index in [9.17, 15) is 9.90 Å². The zero-order valence-corrected chi connectivity index (χ0v) is 10.4. The Hall–Kier alpha value is -2.33. The number of pyridine rings is 1. The maximum Gasteiger partial charge on any atom is 0.336 e. The van der Waals surface area contributed by atoms with Crippen LogP contribution in [-0.4, -0.2) is 16.1 Å². The van der Waals surface area contributed by atoms with E-state index in [1.807, 2.05) is 0 Å². The van der Waals surface area contributed by atoms with Gasteiger partial charge in [0.05, 0.1) is 34.3 Å². The molecule has 19 heavy (non-hydrogen) atoms. The Morgan fingerprint density at radius 2 is 2.16 bits per heavy atom. The number of aromatic nitrogens is 1. The second kappa shape index (κ2) is 4.40. The van der Waals surface area contributed by atoms with E-state index in [0.717, 1.165) is 5.56 Å². The third-order valence-corrected chi connectivity index (χ3v) is 3.15. The summed E-state index contributed by atoms with van der Waals surface area (Å²) < 4.78 is 4.99. The van der Waals surface area contributed by atoms with Crippen molar-refractivity contribution in [2.24, 2.45) is 0 Å². The highest BCUT2D eigenvalue weighted by Crippen LogP contribution is 2.29. The molecule has 0 atom stereocenters. The Kier molecular flexibility index (Phi) is 2.72. The molecule has 2 aromatic heterocycles. The molecule has 2 heterocycles. The van der Waals surface area contributed by atoms with Gasteiger partial charge in [0, 0.05) is 10.9 Å². The lowest BCUT2D eigenvalue weighted by molar-refractivity contribution is 0.0699. The third kappa shape index (κ3) is 1.96. The van der Waals surface area contributed by atoms with Crippen LogP contribution >= 0.6 is 11.6 Å². The maximum absolute atomic E-state index is 11.4. The van der Waals surface area contributed by atoms with E-state index in [2.05, 4.69) is 4.98 Å². The van der Waals surface area contributed by atoms with Crippen molar-refractivity contribution in [3.63, 3.8) is 0 Å². The van der Waals surface area contributed by atoms with Gasteiger partial charge < -0.3 is 9.52 Å². The van der Waals surface area contributed by atoms with Gasteiger partial charge in [0.25, 0.3) is 0 Å². The standard InChI is InChI=1S/C14H8ClNO3/c15-10-2-1-3-11-13(10)9(14(17)18)6-12(16-11)8-4-5-19-7-8/h1-7H,(H,17,18). The summed E-state index contributed by atoms with van der Waals surface area (Å²) in [6.07, 6.45) is 3.03. The lowest BCUT2D eigenvalue weighted by Crippen LogP contribution is -2.00. The lowest BCUT2D eigenvalue weighted by atomic mass is 10.1. The summed E-state index contributed by atoms with van der Waals surface area (Å²) >= 11 is 6.06. The number of halogens is 1. The molecule has 0 unspecified atom stereocenters. The number of carboxylic acid groups (broad SMARTS) is 1. The minimum atomic E-state index is -1.04. The van der Waals surface area contributed by atoms with Crippen molar-refractivity contribution in [2.75, 3.05) is 0 Å². The van der Waals surface area contributed by atoms with Gasteiger partial charge in [-0.15, -0.1) is 0 Å². The van der Waals surface area contributed by atoms with Gasteiger partial charge in [-0.05, 0) is 24.3 Å². The number of benzene rings is 1. The molecule has 0 aliphatic heterocycles. The molecule has 0 spiro atoms. The summed E-state index contributed by atoms with van der Waals surface area (Å²) in [6.45, 7) is 0. The van der Waals surface area contributed by atoms with Crippen LogP contribution in [0.1, 0.15) is 10.4 Å². The van der Waals surface area contributed by atoms with Crippen molar-refractivity contribution in [3.8, 4) is 11.3 Å². The van der Waals surface area contributed by atoms with Crippen LogP contribution in [-0.2, 0) is 0 Å². The van der Waals surface area contributed by atoms with Gasteiger partial charge in [-0.25, -0.2) is 9.78 Å². The minimum absolute atomic E-state index is 0.131. The molecule has 0 amide bonds. The zero-order valence-electron chi connectivity index (χ0n) is 9.63. The van der Waals surface area contributed by atoms with Crippen molar-refractivity contribution in [1.82, 2.24) is 4.98 Å². The van der Waals surface area contributed by atoms with Crippen LogP contribution < -0.4 is 0 Å². The van der Waals surface area contributed by atoms with Gasteiger partial charge in [0.1, 0.15) is 0 Å². The number of carbonyl (C=O) groups is 1. The molecule has 0 aliphatic rings. The molecule has 0 saturated heterocycles. The number of furan rings is 1. The van der Waals surface area contributed by atoms with Crippen molar-refractivity contribution < 1.29 is 14.3 Å². The van der Waals surface area contributed by atoms with Crippen molar-refractivity contribution in [2.45, 2.75) is 0 Å². The van der Waals surface area contributed by atoms with E-state index < -0.39 is 5.97 Å². The van der Waals surface area contributed by atoms with Crippen LogP contribution in [0.25, 0.3) is 22.2 Å². The fourth-order valence-corrected chi connectivity index (χ4v) is 2.24. The van der Waals surface area contributed by atoms with Gasteiger partial charge in [-0.1, -0.05) is 17.7 Å². The van der Waals surface area contributed by atoms with Crippen molar-refractivity contribution in [1.29, 1.82) is 0 Å². The summed E-state index contributed by atoms with van der Waals surface area (Å²) in [4.78, 5) is 15.8. The quantitative estimate of drug-likeness (QED) is 0.770. The molecule has 0 aliphatic carbocycles. The Labute approximate surface area is 113 Å². The molecule has 0 bridgehead atoms. The molecule has 0 fully saturated rings. The normalized spacial score (nSPS) is 10.8. The molecule has 0 saturated carbocycles. The van der Waals surface area contributed by atoms with Crippen LogP contribution in [0.3, 0.4) is 0 Å². The van der Waals surface area contributed by atoms with Gasteiger partial charge in [-0.2, -0.15) is 0 Å². The highest BCUT2D eigenvalue weighted by molar-refractivity contribution is 6.36. The molecule has 4 nitrogen and oxygen atoms in total. The van der Waals surface area contributed by atoms with Gasteiger partial charge >= 0.3 is 5.97 Å². The Morgan fingerprint density at radius 1 is 1.32 bits per heavy atom. The van der Waals surface area contributed by atoms with E-state index >= 15 is 0 Å². The summed E-state index contributed by atoms with van der Waals surface area (Å²) in [6, 6.07) is 8.35. The molecule has 0 radical (unpaired) electrons. The highest BCUT2D eigenvalue weighted by Gasteiger charge is 2.15. The number of hydrogen-bond donors (Lipinski definition) is 1. The first-order chi connectivity index (χ1) is 9.16. The minimum Gasteiger partial charge on any atom is -0.478 e. The van der Waals surface area contributed by atoms with Crippen LogP contribution in [0.15, 0.2) is 47.3 Å². The fourth-order valence-electron chi connectivity index (χ4n) is 1.97. The molecule has 5 heteroatoms. The lowest BCUT2D eigenvalue weighted by Gasteiger charge is -2.07. The number of carboxylic acids is 1. The van der Waals surface area contributed by atoms with Gasteiger partial charge in [-0.3, -0.25) is 0 Å². The maximum atomic E-state index is 11.4. The summed E-state index contributed by atoms with van der Waals surface area (Å²) in [5, 5.41) is 10.1. The molecule has 3 aromatic rings. The molecule has 1 aromatic carbocycles. The van der Waals surface area contributed by atoms with Crippen molar-refractivity contribution >= 4 is 28.5 Å². The topological polar surface area (TPSA) is 63.3 Å². The van der Waals surface area contributed by atoms with Crippen LogP contribution in [0.5, 0.6) is 0 Å². The second-order valence-corrected chi connectivity index (χ2v) is 4.41. The van der Waals surface area contributed by atoms with E-state index in [0.29, 0.717) is 21.6 Å². The zero-order chi connectivity index (χ0) is 13.4. The van der Waals surface area contributed by atoms with E-state index in [4.69, 9.17) is 16.0 Å². The molecular weight excluding hydrogens is 266 g/mol. The number of hydrogen-bond acceptors (Lipinski definition) is 3. The molecule has 3 rings (SSSR count). The Balaban J connectivity index is 2.38. The predicted octanol–water partition coefficient (Wildman–Crippen LogP) is 3.85. The molecule has 1 N–H and O–H groups in total. The van der Waals surface area contributed by atoms with Crippen molar-refractivity contribution in [3.05, 3.63) is 53.4 Å². The Morgan fingerprint density at radius 3 is 2.84 bits per heavy atom. The fraction of sp³-hybridized carbons (Fsp3) is 0. The summed E-state index contributed by atoms with van der Waals surface area (Å²) in [7, 11) is 0. The van der Waals surface area contributed by atoms with Gasteiger partial charge in [0.15, 0.2) is 0 Å². The number of aromatic carboxylic acids is 1. The van der Waals surface area contributed by atoms with Crippen LogP contribution in [0.2, 0.25) is 5.02 Å². The smallest absolute Gasteiger partial charge is 0.336 e. The molecule has 94 valence electrons. The first-order valence-corrected chi connectivity index (χ1v) is 5.90. The molecular formula is C14H8ClNO3. The number of rotatable bonds is 2. The third-order valence-electron chi connectivity index (χ3n) is 2.83. The first-order valence-electron chi connectivity index (χ1n) is 5.52. The summed E-state index contributed by atoms with van der Waals surface area (Å²) in [5.74, 6) is -1.04. The van der Waals surface area contributed by atoms with Crippen LogP contribution in [0, 0.1) is 0 Å². The van der Waals surface area contributed by atoms with E-state index in [1.165, 1.54) is 18.6 Å². The SMILES string of the molecule is O=C(O)c1cc(-c2ccoc2)nc2cccc(Cl)c12. The highest BCUT2D eigenvalue weighted by atomic mass is 35.5. The van der Waals surface area contributed by atoms with E-state index in [-0.39, 0.29) is 5.56 Å². The largest absolute Gasteiger partial charge is 0.478 e. The first kappa shape index (κ1) is 11.7. The summed E-state index contributed by atoms with van der Waals surface area (Å²) in [5.41, 5.74) is 1.95. The monoisotopic (exact) mass is 273 g/mol. The average Bonchev–Trinajstić information content (AvgIpc) is 2.91.